The van der Waals surface area contributed by atoms with Gasteiger partial charge >= 0.3 is 0 Å². The summed E-state index contributed by atoms with van der Waals surface area (Å²) in [5.74, 6) is 0.866. The fourth-order valence-electron chi connectivity index (χ4n) is 1.67. The third kappa shape index (κ3) is 5.58. The second kappa shape index (κ2) is 8.55. The van der Waals surface area contributed by atoms with Crippen LogP contribution in [0.3, 0.4) is 0 Å². The van der Waals surface area contributed by atoms with Crippen molar-refractivity contribution in [3.8, 4) is 11.5 Å². The van der Waals surface area contributed by atoms with Crippen LogP contribution in [0.25, 0.3) is 0 Å². The number of benzene rings is 2. The van der Waals surface area contributed by atoms with Gasteiger partial charge in [-0.05, 0) is 51.8 Å². The van der Waals surface area contributed by atoms with Crippen molar-refractivity contribution in [1.82, 2.24) is 5.43 Å². The third-order valence-electron chi connectivity index (χ3n) is 2.75. The Hall–Kier alpha value is -2.05. The van der Waals surface area contributed by atoms with Gasteiger partial charge in [0.2, 0.25) is 0 Å². The van der Waals surface area contributed by atoms with Crippen molar-refractivity contribution in [2.75, 3.05) is 13.7 Å². The van der Waals surface area contributed by atoms with E-state index in [1.807, 2.05) is 6.07 Å². The van der Waals surface area contributed by atoms with Crippen LogP contribution in [0, 0.1) is 0 Å². The largest absolute Gasteiger partial charge is 0.497 e. The molecule has 2 rings (SSSR count). The van der Waals surface area contributed by atoms with Gasteiger partial charge in [-0.15, -0.1) is 0 Å². The molecule has 120 valence electrons. The van der Waals surface area contributed by atoms with Crippen LogP contribution >= 0.6 is 27.5 Å². The maximum Gasteiger partial charge on any atom is 0.277 e. The zero-order valence-electron chi connectivity index (χ0n) is 12.3. The molecule has 0 unspecified atom stereocenters. The molecule has 0 spiro atoms. The van der Waals surface area contributed by atoms with E-state index in [1.54, 1.807) is 43.5 Å². The minimum atomic E-state index is -0.369. The van der Waals surface area contributed by atoms with E-state index in [0.29, 0.717) is 21.0 Å². The number of ether oxygens (including phenoxy) is 2. The van der Waals surface area contributed by atoms with Crippen molar-refractivity contribution in [2.24, 2.45) is 5.10 Å². The predicted molar refractivity (Wildman–Crippen MR) is 93.4 cm³/mol. The highest BCUT2D eigenvalue weighted by Gasteiger charge is 2.06. The van der Waals surface area contributed by atoms with Gasteiger partial charge in [0, 0.05) is 5.02 Å². The molecule has 23 heavy (non-hydrogen) atoms. The van der Waals surface area contributed by atoms with E-state index < -0.39 is 0 Å². The smallest absolute Gasteiger partial charge is 0.277 e. The second-order valence-electron chi connectivity index (χ2n) is 4.43. The lowest BCUT2D eigenvalue weighted by atomic mass is 10.2. The van der Waals surface area contributed by atoms with Crippen molar-refractivity contribution in [3.63, 3.8) is 0 Å². The fourth-order valence-corrected chi connectivity index (χ4v) is 2.34. The lowest BCUT2D eigenvalue weighted by molar-refractivity contribution is -0.123. The summed E-state index contributed by atoms with van der Waals surface area (Å²) in [6, 6.07) is 12.3. The van der Waals surface area contributed by atoms with Crippen molar-refractivity contribution in [1.29, 1.82) is 0 Å². The molecule has 0 aliphatic rings. The number of hydrogen-bond donors (Lipinski definition) is 1. The lowest BCUT2D eigenvalue weighted by Gasteiger charge is -2.08. The standard InChI is InChI=1S/C16H14BrClN2O3/c1-22-13-5-6-15(14(17)8-13)23-10-16(21)20-19-9-11-3-2-4-12(18)7-11/h2-9H,10H2,1H3,(H,20,21)/b19-9-. The first-order valence-electron chi connectivity index (χ1n) is 6.62. The molecule has 0 radical (unpaired) electrons. The summed E-state index contributed by atoms with van der Waals surface area (Å²) >= 11 is 9.21. The zero-order chi connectivity index (χ0) is 16.7. The molecule has 1 amide bonds. The maximum absolute atomic E-state index is 11.7. The Morgan fingerprint density at radius 1 is 1.35 bits per heavy atom. The molecule has 7 heteroatoms. The van der Waals surface area contributed by atoms with Gasteiger partial charge in [-0.2, -0.15) is 5.10 Å². The SMILES string of the molecule is COc1ccc(OCC(=O)N/N=C\c2cccc(Cl)c2)c(Br)c1. The molecule has 0 atom stereocenters. The molecule has 2 aromatic rings. The Morgan fingerprint density at radius 2 is 2.17 bits per heavy atom. The van der Waals surface area contributed by atoms with Gasteiger partial charge in [0.15, 0.2) is 6.61 Å². The van der Waals surface area contributed by atoms with Gasteiger partial charge in [-0.3, -0.25) is 4.79 Å². The van der Waals surface area contributed by atoms with Gasteiger partial charge in [0.25, 0.3) is 5.91 Å². The van der Waals surface area contributed by atoms with Crippen molar-refractivity contribution >= 4 is 39.7 Å². The van der Waals surface area contributed by atoms with Crippen LogP contribution in [0.15, 0.2) is 52.0 Å². The molecular weight excluding hydrogens is 384 g/mol. The van der Waals surface area contributed by atoms with E-state index in [4.69, 9.17) is 21.1 Å². The summed E-state index contributed by atoms with van der Waals surface area (Å²) in [6.07, 6.45) is 1.51. The fraction of sp³-hybridized carbons (Fsp3) is 0.125. The summed E-state index contributed by atoms with van der Waals surface area (Å²) < 4.78 is 11.2. The van der Waals surface area contributed by atoms with Crippen molar-refractivity contribution < 1.29 is 14.3 Å². The summed E-state index contributed by atoms with van der Waals surface area (Å²) in [4.78, 5) is 11.7. The number of methoxy groups -OCH3 is 1. The number of carbonyl (C=O) groups excluding carboxylic acids is 1. The van der Waals surface area contributed by atoms with Crippen LogP contribution in [-0.2, 0) is 4.79 Å². The van der Waals surface area contributed by atoms with E-state index in [-0.39, 0.29) is 12.5 Å². The second-order valence-corrected chi connectivity index (χ2v) is 5.72. The average molecular weight is 398 g/mol. The van der Waals surface area contributed by atoms with Gasteiger partial charge in [0.05, 0.1) is 17.8 Å². The quantitative estimate of drug-likeness (QED) is 0.598. The Kier molecular flexibility index (Phi) is 6.43. The number of hydrogen-bond acceptors (Lipinski definition) is 4. The highest BCUT2D eigenvalue weighted by molar-refractivity contribution is 9.10. The van der Waals surface area contributed by atoms with Gasteiger partial charge in [-0.1, -0.05) is 23.7 Å². The third-order valence-corrected chi connectivity index (χ3v) is 3.60. The molecule has 5 nitrogen and oxygen atoms in total. The number of hydrazone groups is 1. The summed E-state index contributed by atoms with van der Waals surface area (Å²) in [6.45, 7) is -0.155. The molecule has 0 aliphatic heterocycles. The van der Waals surface area contributed by atoms with E-state index in [0.717, 1.165) is 5.56 Å². The summed E-state index contributed by atoms with van der Waals surface area (Å²) in [7, 11) is 1.58. The lowest BCUT2D eigenvalue weighted by Crippen LogP contribution is -2.24. The zero-order valence-corrected chi connectivity index (χ0v) is 14.6. The van der Waals surface area contributed by atoms with Crippen molar-refractivity contribution in [3.05, 3.63) is 57.5 Å². The topological polar surface area (TPSA) is 59.9 Å². The summed E-state index contributed by atoms with van der Waals surface area (Å²) in [5.41, 5.74) is 3.17. The maximum atomic E-state index is 11.7. The first-order chi connectivity index (χ1) is 11.1. The van der Waals surface area contributed by atoms with Crippen LogP contribution in [-0.4, -0.2) is 25.8 Å². The molecular formula is C16H14BrClN2O3. The Bertz CT molecular complexity index is 722. The molecule has 0 aliphatic carbocycles. The molecule has 0 heterocycles. The minimum absolute atomic E-state index is 0.155. The predicted octanol–water partition coefficient (Wildman–Crippen LogP) is 3.64. The van der Waals surface area contributed by atoms with E-state index in [1.165, 1.54) is 6.21 Å². The van der Waals surface area contributed by atoms with Gasteiger partial charge in [0.1, 0.15) is 11.5 Å². The van der Waals surface area contributed by atoms with E-state index in [9.17, 15) is 4.79 Å². The van der Waals surface area contributed by atoms with Crippen LogP contribution in [0.1, 0.15) is 5.56 Å². The number of rotatable bonds is 6. The first kappa shape index (κ1) is 17.3. The number of carbonyl (C=O) groups is 1. The normalized spacial score (nSPS) is 10.6. The van der Waals surface area contributed by atoms with Gasteiger partial charge in [-0.25, -0.2) is 5.43 Å². The van der Waals surface area contributed by atoms with Crippen LogP contribution in [0.5, 0.6) is 11.5 Å². The first-order valence-corrected chi connectivity index (χ1v) is 7.79. The molecule has 2 aromatic carbocycles. The van der Waals surface area contributed by atoms with E-state index in [2.05, 4.69) is 26.5 Å². The van der Waals surface area contributed by atoms with Crippen LogP contribution in [0.4, 0.5) is 0 Å². The molecule has 0 aromatic heterocycles. The number of nitrogens with zero attached hydrogens (tertiary/aromatic N) is 1. The van der Waals surface area contributed by atoms with Crippen LogP contribution in [0.2, 0.25) is 5.02 Å². The molecule has 0 bridgehead atoms. The van der Waals surface area contributed by atoms with Crippen LogP contribution < -0.4 is 14.9 Å². The molecule has 0 saturated heterocycles. The molecule has 0 saturated carbocycles. The Balaban J connectivity index is 1.83. The number of amides is 1. The van der Waals surface area contributed by atoms with Crippen molar-refractivity contribution in [2.45, 2.75) is 0 Å². The summed E-state index contributed by atoms with van der Waals surface area (Å²) in [5, 5.41) is 4.45. The average Bonchev–Trinajstić information content (AvgIpc) is 2.53. The minimum Gasteiger partial charge on any atom is -0.497 e. The highest BCUT2D eigenvalue weighted by Crippen LogP contribution is 2.28. The highest BCUT2D eigenvalue weighted by atomic mass is 79.9. The number of nitrogens with one attached hydrogen (secondary N) is 1. The molecule has 1 N–H and O–H groups in total. The van der Waals surface area contributed by atoms with Gasteiger partial charge < -0.3 is 9.47 Å². The Morgan fingerprint density at radius 3 is 2.87 bits per heavy atom. The Labute approximate surface area is 147 Å². The van der Waals surface area contributed by atoms with E-state index >= 15 is 0 Å². The monoisotopic (exact) mass is 396 g/mol. The number of halogens is 2. The molecule has 0 fully saturated rings.